The fourth-order valence-corrected chi connectivity index (χ4v) is 2.29. The Labute approximate surface area is 78.2 Å². The average molecular weight is 236 g/mol. The third kappa shape index (κ3) is 2.27. The number of hydrogen-bond acceptors (Lipinski definition) is 3. The second-order valence-electron chi connectivity index (χ2n) is 2.43. The van der Waals surface area contributed by atoms with Crippen molar-refractivity contribution in [3.8, 4) is 0 Å². The number of aliphatic hydroxyl groups excluding tert-OH is 1. The van der Waals surface area contributed by atoms with Gasteiger partial charge in [0, 0.05) is 14.7 Å². The molecule has 2 unspecified atom stereocenters. The topological polar surface area (TPSA) is 46.2 Å². The molecule has 0 saturated carbocycles. The molecule has 0 aromatic carbocycles. The van der Waals surface area contributed by atoms with Crippen LogP contribution < -0.4 is 5.73 Å². The number of thiophene rings is 1. The van der Waals surface area contributed by atoms with Gasteiger partial charge in [-0.1, -0.05) is 0 Å². The zero-order chi connectivity index (χ0) is 8.43. The highest BCUT2D eigenvalue weighted by atomic mass is 79.9. The second kappa shape index (κ2) is 3.67. The van der Waals surface area contributed by atoms with E-state index in [1.165, 1.54) is 0 Å². The lowest BCUT2D eigenvalue weighted by Gasteiger charge is -2.11. The van der Waals surface area contributed by atoms with Crippen LogP contribution in [0.1, 0.15) is 17.8 Å². The van der Waals surface area contributed by atoms with E-state index < -0.39 is 6.10 Å². The van der Waals surface area contributed by atoms with Crippen molar-refractivity contribution < 1.29 is 5.11 Å². The molecule has 4 heteroatoms. The fourth-order valence-electron chi connectivity index (χ4n) is 0.741. The van der Waals surface area contributed by atoms with Gasteiger partial charge in [0.1, 0.15) is 0 Å². The lowest BCUT2D eigenvalue weighted by molar-refractivity contribution is 0.165. The summed E-state index contributed by atoms with van der Waals surface area (Å²) in [7, 11) is 0. The first-order valence-electron chi connectivity index (χ1n) is 3.29. The molecule has 1 rings (SSSR count). The molecule has 0 radical (unpaired) electrons. The molecule has 0 aliphatic heterocycles. The van der Waals surface area contributed by atoms with Crippen molar-refractivity contribution in [1.82, 2.24) is 0 Å². The molecule has 0 saturated heterocycles. The Balaban J connectivity index is 2.76. The van der Waals surface area contributed by atoms with Crippen molar-refractivity contribution in [2.75, 3.05) is 0 Å². The van der Waals surface area contributed by atoms with Crippen LogP contribution in [0.4, 0.5) is 0 Å². The molecule has 0 amide bonds. The number of nitrogens with two attached hydrogens (primary N) is 1. The van der Waals surface area contributed by atoms with E-state index >= 15 is 0 Å². The molecule has 0 aliphatic rings. The van der Waals surface area contributed by atoms with Gasteiger partial charge in [-0.3, -0.25) is 0 Å². The SMILES string of the molecule is CC(O)C(N)c1cc(Br)cs1. The molecule has 0 spiro atoms. The maximum absolute atomic E-state index is 9.15. The monoisotopic (exact) mass is 235 g/mol. The lowest BCUT2D eigenvalue weighted by Crippen LogP contribution is -2.21. The van der Waals surface area contributed by atoms with Crippen LogP contribution in [0.25, 0.3) is 0 Å². The summed E-state index contributed by atoms with van der Waals surface area (Å²) in [6.45, 7) is 1.69. The van der Waals surface area contributed by atoms with Crippen molar-refractivity contribution in [2.45, 2.75) is 19.1 Å². The molecule has 62 valence electrons. The molecule has 1 aromatic rings. The summed E-state index contributed by atoms with van der Waals surface area (Å²) in [5.74, 6) is 0. The minimum atomic E-state index is -0.486. The normalized spacial score (nSPS) is 16.4. The zero-order valence-corrected chi connectivity index (χ0v) is 8.52. The van der Waals surface area contributed by atoms with Crippen LogP contribution in [0.15, 0.2) is 15.9 Å². The summed E-state index contributed by atoms with van der Waals surface area (Å²) in [6, 6.07) is 1.67. The lowest BCUT2D eigenvalue weighted by atomic mass is 10.2. The maximum Gasteiger partial charge on any atom is 0.0712 e. The van der Waals surface area contributed by atoms with Crippen LogP contribution in [-0.4, -0.2) is 11.2 Å². The number of hydrogen-bond donors (Lipinski definition) is 2. The van der Waals surface area contributed by atoms with Crippen molar-refractivity contribution >= 4 is 27.3 Å². The van der Waals surface area contributed by atoms with Crippen LogP contribution in [0.5, 0.6) is 0 Å². The summed E-state index contributed by atoms with van der Waals surface area (Å²) in [5, 5.41) is 11.1. The quantitative estimate of drug-likeness (QED) is 0.823. The number of aliphatic hydroxyl groups is 1. The van der Waals surface area contributed by atoms with Gasteiger partial charge in [-0.05, 0) is 28.9 Å². The predicted molar refractivity (Wildman–Crippen MR) is 50.6 cm³/mol. The molecule has 2 atom stereocenters. The Morgan fingerprint density at radius 2 is 2.36 bits per heavy atom. The Kier molecular flexibility index (Phi) is 3.06. The first-order chi connectivity index (χ1) is 5.11. The van der Waals surface area contributed by atoms with Gasteiger partial charge >= 0.3 is 0 Å². The highest BCUT2D eigenvalue weighted by Crippen LogP contribution is 2.25. The molecule has 2 nitrogen and oxygen atoms in total. The van der Waals surface area contributed by atoms with Gasteiger partial charge < -0.3 is 10.8 Å². The Morgan fingerprint density at radius 1 is 1.73 bits per heavy atom. The van der Waals surface area contributed by atoms with Crippen LogP contribution in [0.2, 0.25) is 0 Å². The molecule has 0 bridgehead atoms. The predicted octanol–water partition coefficient (Wildman–Crippen LogP) is 1.89. The van der Waals surface area contributed by atoms with Gasteiger partial charge in [0.25, 0.3) is 0 Å². The van der Waals surface area contributed by atoms with Crippen molar-refractivity contribution in [1.29, 1.82) is 0 Å². The van der Waals surface area contributed by atoms with Gasteiger partial charge in [-0.2, -0.15) is 0 Å². The van der Waals surface area contributed by atoms with Crippen LogP contribution in [0.3, 0.4) is 0 Å². The van der Waals surface area contributed by atoms with Gasteiger partial charge in [-0.25, -0.2) is 0 Å². The van der Waals surface area contributed by atoms with Crippen molar-refractivity contribution in [3.05, 3.63) is 20.8 Å². The molecule has 3 N–H and O–H groups in total. The molecule has 0 aliphatic carbocycles. The fraction of sp³-hybridized carbons (Fsp3) is 0.429. The highest BCUT2D eigenvalue weighted by Gasteiger charge is 2.13. The standard InChI is InChI=1S/C7H10BrNOS/c1-4(10)7(9)6-2-5(8)3-11-6/h2-4,7,10H,9H2,1H3. The first-order valence-corrected chi connectivity index (χ1v) is 4.96. The molecule has 1 heterocycles. The van der Waals surface area contributed by atoms with E-state index in [0.29, 0.717) is 0 Å². The maximum atomic E-state index is 9.15. The van der Waals surface area contributed by atoms with Crippen molar-refractivity contribution in [3.63, 3.8) is 0 Å². The third-order valence-corrected chi connectivity index (χ3v) is 3.23. The second-order valence-corrected chi connectivity index (χ2v) is 4.29. The Bertz CT molecular complexity index is 236. The minimum Gasteiger partial charge on any atom is -0.391 e. The van der Waals surface area contributed by atoms with E-state index in [0.717, 1.165) is 9.35 Å². The van der Waals surface area contributed by atoms with E-state index in [9.17, 15) is 0 Å². The van der Waals surface area contributed by atoms with Gasteiger partial charge in [0.05, 0.1) is 12.1 Å². The Hall–Kier alpha value is 0.1000. The molecular weight excluding hydrogens is 226 g/mol. The van der Waals surface area contributed by atoms with E-state index in [1.54, 1.807) is 18.3 Å². The van der Waals surface area contributed by atoms with Crippen LogP contribution in [-0.2, 0) is 0 Å². The minimum absolute atomic E-state index is 0.258. The van der Waals surface area contributed by atoms with Gasteiger partial charge in [0.2, 0.25) is 0 Å². The average Bonchev–Trinajstić information content (AvgIpc) is 2.34. The van der Waals surface area contributed by atoms with E-state index in [1.807, 2.05) is 11.4 Å². The number of rotatable bonds is 2. The number of halogens is 1. The van der Waals surface area contributed by atoms with Crippen molar-refractivity contribution in [2.24, 2.45) is 5.73 Å². The smallest absolute Gasteiger partial charge is 0.0712 e. The van der Waals surface area contributed by atoms with Crippen LogP contribution >= 0.6 is 27.3 Å². The molecule has 11 heavy (non-hydrogen) atoms. The third-order valence-electron chi connectivity index (χ3n) is 1.44. The highest BCUT2D eigenvalue weighted by molar-refractivity contribution is 9.10. The molecular formula is C7H10BrNOS. The molecule has 1 aromatic heterocycles. The van der Waals surface area contributed by atoms with E-state index in [-0.39, 0.29) is 6.04 Å². The largest absolute Gasteiger partial charge is 0.391 e. The summed E-state index contributed by atoms with van der Waals surface area (Å²) in [6.07, 6.45) is -0.486. The van der Waals surface area contributed by atoms with E-state index in [4.69, 9.17) is 10.8 Å². The zero-order valence-electron chi connectivity index (χ0n) is 6.12. The summed E-state index contributed by atoms with van der Waals surface area (Å²) in [4.78, 5) is 1.01. The molecule has 0 fully saturated rings. The summed E-state index contributed by atoms with van der Waals surface area (Å²) < 4.78 is 1.02. The van der Waals surface area contributed by atoms with Crippen LogP contribution in [0, 0.1) is 0 Å². The van der Waals surface area contributed by atoms with E-state index in [2.05, 4.69) is 15.9 Å². The Morgan fingerprint density at radius 3 is 2.73 bits per heavy atom. The summed E-state index contributed by atoms with van der Waals surface area (Å²) in [5.41, 5.74) is 5.69. The van der Waals surface area contributed by atoms with Gasteiger partial charge in [0.15, 0.2) is 0 Å². The van der Waals surface area contributed by atoms with Gasteiger partial charge in [-0.15, -0.1) is 11.3 Å². The summed E-state index contributed by atoms with van der Waals surface area (Å²) >= 11 is 4.88. The first kappa shape index (κ1) is 9.19.